The van der Waals surface area contributed by atoms with Gasteiger partial charge in [-0.25, -0.2) is 0 Å². The fraction of sp³-hybridized carbons (Fsp3) is 0.667. The molecule has 0 spiro atoms. The first-order chi connectivity index (χ1) is 7.10. The maximum atomic E-state index is 12.1. The number of fused-ring (bicyclic) bond motifs is 2. The maximum Gasteiger partial charge on any atom is 0.319 e. The average molecular weight is 208 g/mol. The minimum atomic E-state index is -0.882. The van der Waals surface area contributed by atoms with Gasteiger partial charge in [0.1, 0.15) is 5.41 Å². The number of carbonyl (C=O) groups excluding carboxylic acids is 2. The lowest BCUT2D eigenvalue weighted by Gasteiger charge is -2.42. The average Bonchev–Trinajstić information content (AvgIpc) is 2.19. The third kappa shape index (κ3) is 1.41. The highest BCUT2D eigenvalue weighted by Crippen LogP contribution is 2.48. The number of Topliss-reactive ketones (excluding diaryl/α,β-unsaturated/α-hetero) is 1. The Morgan fingerprint density at radius 1 is 1.60 bits per heavy atom. The maximum absolute atomic E-state index is 12.1. The summed E-state index contributed by atoms with van der Waals surface area (Å²) >= 11 is 0. The summed E-state index contributed by atoms with van der Waals surface area (Å²) in [5, 5.41) is 0. The minimum absolute atomic E-state index is 0.0131. The zero-order valence-electron chi connectivity index (χ0n) is 9.04. The van der Waals surface area contributed by atoms with Gasteiger partial charge in [-0.05, 0) is 25.7 Å². The SMILES string of the molecule is C=C1C[C@H]2CCC[C@@](C(=O)OC)(C1)C2=O. The number of hydrogen-bond acceptors (Lipinski definition) is 3. The second-order valence-electron chi connectivity index (χ2n) is 4.66. The normalized spacial score (nSPS) is 35.1. The molecule has 2 aliphatic rings. The zero-order valence-corrected chi connectivity index (χ0v) is 9.04. The smallest absolute Gasteiger partial charge is 0.319 e. The van der Waals surface area contributed by atoms with Crippen molar-refractivity contribution in [3.63, 3.8) is 0 Å². The van der Waals surface area contributed by atoms with E-state index in [2.05, 4.69) is 6.58 Å². The second kappa shape index (κ2) is 3.47. The number of ketones is 1. The van der Waals surface area contributed by atoms with Gasteiger partial charge in [0.15, 0.2) is 5.78 Å². The standard InChI is InChI=1S/C12H16O3/c1-8-6-9-4-3-5-12(7-8,10(9)13)11(14)15-2/h9H,1,3-7H2,2H3/t9-,12-/m1/s1. The van der Waals surface area contributed by atoms with E-state index in [1.165, 1.54) is 7.11 Å². The van der Waals surface area contributed by atoms with Crippen molar-refractivity contribution in [1.29, 1.82) is 0 Å². The van der Waals surface area contributed by atoms with Crippen LogP contribution in [-0.4, -0.2) is 18.9 Å². The first-order valence-electron chi connectivity index (χ1n) is 5.39. The van der Waals surface area contributed by atoms with Crippen molar-refractivity contribution in [2.24, 2.45) is 11.3 Å². The highest BCUT2D eigenvalue weighted by atomic mass is 16.5. The van der Waals surface area contributed by atoms with Crippen molar-refractivity contribution in [1.82, 2.24) is 0 Å². The molecule has 0 N–H and O–H groups in total. The molecule has 2 atom stereocenters. The number of ether oxygens (including phenoxy) is 1. The monoisotopic (exact) mass is 208 g/mol. The fourth-order valence-corrected chi connectivity index (χ4v) is 2.98. The van der Waals surface area contributed by atoms with Gasteiger partial charge >= 0.3 is 5.97 Å². The van der Waals surface area contributed by atoms with E-state index in [-0.39, 0.29) is 17.7 Å². The number of rotatable bonds is 1. The molecule has 2 rings (SSSR count). The molecule has 15 heavy (non-hydrogen) atoms. The summed E-state index contributed by atoms with van der Waals surface area (Å²) in [5.74, 6) is -0.259. The Bertz CT molecular complexity index is 332. The van der Waals surface area contributed by atoms with Gasteiger partial charge in [0.2, 0.25) is 0 Å². The fourth-order valence-electron chi connectivity index (χ4n) is 2.98. The van der Waals surface area contributed by atoms with Gasteiger partial charge in [-0.1, -0.05) is 18.6 Å². The Kier molecular flexibility index (Phi) is 2.41. The summed E-state index contributed by atoms with van der Waals surface area (Å²) in [7, 11) is 1.35. The molecule has 0 aromatic rings. The van der Waals surface area contributed by atoms with E-state index in [9.17, 15) is 9.59 Å². The van der Waals surface area contributed by atoms with Crippen LogP contribution in [-0.2, 0) is 14.3 Å². The lowest BCUT2D eigenvalue weighted by Crippen LogP contribution is -2.49. The third-order valence-corrected chi connectivity index (χ3v) is 3.66. The van der Waals surface area contributed by atoms with Crippen LogP contribution < -0.4 is 0 Å². The van der Waals surface area contributed by atoms with Crippen LogP contribution in [0, 0.1) is 11.3 Å². The van der Waals surface area contributed by atoms with Crippen LogP contribution >= 0.6 is 0 Å². The molecule has 3 heteroatoms. The Morgan fingerprint density at radius 3 is 3.00 bits per heavy atom. The minimum Gasteiger partial charge on any atom is -0.468 e. The molecule has 0 aromatic heterocycles. The van der Waals surface area contributed by atoms with Crippen LogP contribution in [0.25, 0.3) is 0 Å². The van der Waals surface area contributed by atoms with Crippen molar-refractivity contribution in [2.45, 2.75) is 32.1 Å². The molecule has 0 unspecified atom stereocenters. The summed E-state index contributed by atoms with van der Waals surface area (Å²) in [6.45, 7) is 3.93. The molecule has 0 heterocycles. The van der Waals surface area contributed by atoms with Crippen LogP contribution in [0.3, 0.4) is 0 Å². The zero-order chi connectivity index (χ0) is 11.1. The molecule has 2 bridgehead atoms. The Balaban J connectivity index is 2.37. The molecule has 2 aliphatic carbocycles. The van der Waals surface area contributed by atoms with E-state index in [1.807, 2.05) is 0 Å². The summed E-state index contributed by atoms with van der Waals surface area (Å²) < 4.78 is 4.78. The largest absolute Gasteiger partial charge is 0.468 e. The molecule has 2 fully saturated rings. The van der Waals surface area contributed by atoms with Crippen LogP contribution in [0.15, 0.2) is 12.2 Å². The number of carbonyl (C=O) groups is 2. The highest BCUT2D eigenvalue weighted by Gasteiger charge is 2.54. The number of allylic oxidation sites excluding steroid dienone is 1. The van der Waals surface area contributed by atoms with E-state index >= 15 is 0 Å². The Labute approximate surface area is 89.5 Å². The number of methoxy groups -OCH3 is 1. The van der Waals surface area contributed by atoms with Crippen molar-refractivity contribution < 1.29 is 14.3 Å². The Morgan fingerprint density at radius 2 is 2.33 bits per heavy atom. The van der Waals surface area contributed by atoms with Gasteiger partial charge in [-0.2, -0.15) is 0 Å². The predicted molar refractivity (Wildman–Crippen MR) is 55.2 cm³/mol. The van der Waals surface area contributed by atoms with Gasteiger partial charge in [-0.15, -0.1) is 0 Å². The molecular formula is C12H16O3. The van der Waals surface area contributed by atoms with Crippen LogP contribution in [0.1, 0.15) is 32.1 Å². The van der Waals surface area contributed by atoms with Gasteiger partial charge in [0.05, 0.1) is 7.11 Å². The quantitative estimate of drug-likeness (QED) is 0.375. The van der Waals surface area contributed by atoms with Crippen LogP contribution in [0.5, 0.6) is 0 Å². The first kappa shape index (κ1) is 10.4. The van der Waals surface area contributed by atoms with Gasteiger partial charge in [0, 0.05) is 5.92 Å². The molecule has 0 aliphatic heterocycles. The van der Waals surface area contributed by atoms with Gasteiger partial charge < -0.3 is 4.74 Å². The van der Waals surface area contributed by atoms with E-state index < -0.39 is 5.41 Å². The number of esters is 1. The van der Waals surface area contributed by atoms with Crippen LogP contribution in [0.2, 0.25) is 0 Å². The van der Waals surface area contributed by atoms with E-state index in [4.69, 9.17) is 4.74 Å². The third-order valence-electron chi connectivity index (χ3n) is 3.66. The molecule has 3 nitrogen and oxygen atoms in total. The molecule has 2 saturated carbocycles. The molecule has 0 aromatic carbocycles. The van der Waals surface area contributed by atoms with E-state index in [0.717, 1.165) is 24.8 Å². The van der Waals surface area contributed by atoms with Crippen molar-refractivity contribution in [3.05, 3.63) is 12.2 Å². The van der Waals surface area contributed by atoms with Crippen molar-refractivity contribution in [2.75, 3.05) is 7.11 Å². The van der Waals surface area contributed by atoms with Crippen molar-refractivity contribution in [3.8, 4) is 0 Å². The highest BCUT2D eigenvalue weighted by molar-refractivity contribution is 6.06. The first-order valence-corrected chi connectivity index (χ1v) is 5.39. The van der Waals surface area contributed by atoms with Gasteiger partial charge in [-0.3, -0.25) is 9.59 Å². The second-order valence-corrected chi connectivity index (χ2v) is 4.66. The van der Waals surface area contributed by atoms with E-state index in [1.54, 1.807) is 0 Å². The van der Waals surface area contributed by atoms with Gasteiger partial charge in [0.25, 0.3) is 0 Å². The van der Waals surface area contributed by atoms with Crippen molar-refractivity contribution >= 4 is 11.8 Å². The predicted octanol–water partition coefficient (Wildman–Crippen LogP) is 1.86. The summed E-state index contributed by atoms with van der Waals surface area (Å²) in [6, 6.07) is 0. The molecule has 0 amide bonds. The molecular weight excluding hydrogens is 192 g/mol. The topological polar surface area (TPSA) is 43.4 Å². The molecule has 82 valence electrons. The van der Waals surface area contributed by atoms with E-state index in [0.29, 0.717) is 12.8 Å². The van der Waals surface area contributed by atoms with Crippen LogP contribution in [0.4, 0.5) is 0 Å². The summed E-state index contributed by atoms with van der Waals surface area (Å²) in [4.78, 5) is 23.9. The Hall–Kier alpha value is -1.12. The summed E-state index contributed by atoms with van der Waals surface area (Å²) in [5.41, 5.74) is 0.136. The summed E-state index contributed by atoms with van der Waals surface area (Å²) in [6.07, 6.45) is 3.73. The number of hydrogen-bond donors (Lipinski definition) is 0. The lowest BCUT2D eigenvalue weighted by atomic mass is 9.60. The molecule has 0 radical (unpaired) electrons. The lowest BCUT2D eigenvalue weighted by molar-refractivity contribution is -0.163. The molecule has 0 saturated heterocycles.